The van der Waals surface area contributed by atoms with Gasteiger partial charge in [-0.1, -0.05) is 13.3 Å². The molecule has 0 radical (unpaired) electrons. The fraction of sp³-hybridized carbons (Fsp3) is 0.714. The number of nitrogens with one attached hydrogen (secondary N) is 1. The van der Waals surface area contributed by atoms with Crippen LogP contribution in [0, 0.1) is 0 Å². The lowest BCUT2D eigenvalue weighted by Gasteiger charge is -2.09. The normalized spacial score (nSPS) is 18.1. The van der Waals surface area contributed by atoms with Gasteiger partial charge in [-0.2, -0.15) is 5.10 Å². The molecule has 0 aromatic heterocycles. The highest BCUT2D eigenvalue weighted by Crippen LogP contribution is 2.04. The first-order chi connectivity index (χ1) is 4.83. The van der Waals surface area contributed by atoms with Crippen molar-refractivity contribution in [3.8, 4) is 0 Å². The molecule has 0 aliphatic carbocycles. The zero-order chi connectivity index (χ0) is 7.40. The Morgan fingerprint density at radius 1 is 1.60 bits per heavy atom. The minimum Gasteiger partial charge on any atom is -0.273 e. The van der Waals surface area contributed by atoms with Gasteiger partial charge in [0.05, 0.1) is 0 Å². The molecule has 0 spiro atoms. The van der Waals surface area contributed by atoms with Crippen molar-refractivity contribution in [2.24, 2.45) is 5.10 Å². The molecule has 1 aliphatic rings. The van der Waals surface area contributed by atoms with Crippen molar-refractivity contribution >= 4 is 11.6 Å². The van der Waals surface area contributed by atoms with Gasteiger partial charge in [0.1, 0.15) is 0 Å². The molecule has 0 bridgehead atoms. The van der Waals surface area contributed by atoms with Gasteiger partial charge in [0.2, 0.25) is 5.91 Å². The van der Waals surface area contributed by atoms with E-state index < -0.39 is 0 Å². The van der Waals surface area contributed by atoms with Gasteiger partial charge in [0, 0.05) is 12.1 Å². The predicted octanol–water partition coefficient (Wildman–Crippen LogP) is 1.05. The third-order valence-corrected chi connectivity index (χ3v) is 1.52. The molecular formula is C7H12N2O. The Bertz CT molecular complexity index is 163. The third kappa shape index (κ3) is 1.83. The largest absolute Gasteiger partial charge is 0.273 e. The van der Waals surface area contributed by atoms with Gasteiger partial charge in [0.15, 0.2) is 0 Å². The average molecular weight is 140 g/mol. The fourth-order valence-corrected chi connectivity index (χ4v) is 0.981. The maximum Gasteiger partial charge on any atom is 0.240 e. The molecule has 1 aliphatic heterocycles. The molecule has 10 heavy (non-hydrogen) atoms. The van der Waals surface area contributed by atoms with Crippen LogP contribution < -0.4 is 5.43 Å². The van der Waals surface area contributed by atoms with Crippen LogP contribution in [-0.4, -0.2) is 11.6 Å². The van der Waals surface area contributed by atoms with E-state index in [-0.39, 0.29) is 5.91 Å². The molecule has 3 heteroatoms. The number of carbonyl (C=O) groups excluding carboxylic acids is 1. The molecule has 3 nitrogen and oxygen atoms in total. The summed E-state index contributed by atoms with van der Waals surface area (Å²) in [4.78, 5) is 10.6. The van der Waals surface area contributed by atoms with Crippen LogP contribution in [-0.2, 0) is 4.79 Å². The summed E-state index contributed by atoms with van der Waals surface area (Å²) >= 11 is 0. The van der Waals surface area contributed by atoms with E-state index in [1.54, 1.807) is 0 Å². The van der Waals surface area contributed by atoms with Crippen molar-refractivity contribution in [3.63, 3.8) is 0 Å². The molecule has 0 aromatic rings. The molecule has 0 atom stereocenters. The molecule has 0 fully saturated rings. The Hall–Kier alpha value is -0.860. The van der Waals surface area contributed by atoms with Crippen LogP contribution in [0.4, 0.5) is 0 Å². The second kappa shape index (κ2) is 3.34. The van der Waals surface area contributed by atoms with Crippen LogP contribution in [0.25, 0.3) is 0 Å². The monoisotopic (exact) mass is 140 g/mol. The zero-order valence-corrected chi connectivity index (χ0v) is 6.18. The first kappa shape index (κ1) is 7.25. The summed E-state index contributed by atoms with van der Waals surface area (Å²) in [6.07, 6.45) is 3.58. The molecular weight excluding hydrogens is 128 g/mol. The topological polar surface area (TPSA) is 41.5 Å². The van der Waals surface area contributed by atoms with E-state index in [1.807, 2.05) is 0 Å². The first-order valence-corrected chi connectivity index (χ1v) is 3.67. The molecule has 1 rings (SSSR count). The van der Waals surface area contributed by atoms with E-state index in [0.29, 0.717) is 6.42 Å². The van der Waals surface area contributed by atoms with Crippen LogP contribution in [0.3, 0.4) is 0 Å². The summed E-state index contributed by atoms with van der Waals surface area (Å²) in [5.74, 6) is 0.0415. The molecule has 0 unspecified atom stereocenters. The molecule has 0 saturated carbocycles. The SMILES string of the molecule is CCCC1=NNC(=O)CC1. The van der Waals surface area contributed by atoms with Crippen molar-refractivity contribution in [1.82, 2.24) is 5.43 Å². The van der Waals surface area contributed by atoms with Crippen LogP contribution >= 0.6 is 0 Å². The van der Waals surface area contributed by atoms with Crippen LogP contribution in [0.5, 0.6) is 0 Å². The molecule has 0 saturated heterocycles. The van der Waals surface area contributed by atoms with Crippen molar-refractivity contribution in [2.45, 2.75) is 32.6 Å². The fourth-order valence-electron chi connectivity index (χ4n) is 0.981. The minimum absolute atomic E-state index is 0.0415. The van der Waals surface area contributed by atoms with Gasteiger partial charge >= 0.3 is 0 Å². The van der Waals surface area contributed by atoms with E-state index in [4.69, 9.17) is 0 Å². The Balaban J connectivity index is 2.40. The summed E-state index contributed by atoms with van der Waals surface area (Å²) in [6.45, 7) is 2.11. The maximum atomic E-state index is 10.6. The number of carbonyl (C=O) groups is 1. The van der Waals surface area contributed by atoms with Crippen LogP contribution in [0.2, 0.25) is 0 Å². The Morgan fingerprint density at radius 3 is 2.90 bits per heavy atom. The smallest absolute Gasteiger partial charge is 0.240 e. The summed E-state index contributed by atoms with van der Waals surface area (Å²) in [6, 6.07) is 0. The number of hydrazone groups is 1. The molecule has 1 N–H and O–H groups in total. The predicted molar refractivity (Wildman–Crippen MR) is 39.7 cm³/mol. The standard InChI is InChI=1S/C7H12N2O/c1-2-3-6-4-5-7(10)9-8-6/h2-5H2,1H3,(H,9,10). The third-order valence-electron chi connectivity index (χ3n) is 1.52. The Morgan fingerprint density at radius 2 is 2.40 bits per heavy atom. The summed E-state index contributed by atoms with van der Waals surface area (Å²) in [5, 5.41) is 3.92. The van der Waals surface area contributed by atoms with Crippen LogP contribution in [0.1, 0.15) is 32.6 Å². The van der Waals surface area contributed by atoms with Crippen molar-refractivity contribution in [2.75, 3.05) is 0 Å². The molecule has 56 valence electrons. The van der Waals surface area contributed by atoms with E-state index in [1.165, 1.54) is 0 Å². The lowest BCUT2D eigenvalue weighted by molar-refractivity contribution is -0.121. The summed E-state index contributed by atoms with van der Waals surface area (Å²) < 4.78 is 0. The highest BCUT2D eigenvalue weighted by atomic mass is 16.2. The van der Waals surface area contributed by atoms with Crippen LogP contribution in [0.15, 0.2) is 5.10 Å². The van der Waals surface area contributed by atoms with Gasteiger partial charge in [-0.25, -0.2) is 5.43 Å². The highest BCUT2D eigenvalue weighted by molar-refractivity contribution is 5.92. The molecule has 1 amide bonds. The number of nitrogens with zero attached hydrogens (tertiary/aromatic N) is 1. The average Bonchev–Trinajstić information content (AvgIpc) is 1.95. The summed E-state index contributed by atoms with van der Waals surface area (Å²) in [7, 11) is 0. The van der Waals surface area contributed by atoms with Gasteiger partial charge < -0.3 is 0 Å². The lowest BCUT2D eigenvalue weighted by Crippen LogP contribution is -2.25. The quantitative estimate of drug-likeness (QED) is 0.612. The maximum absolute atomic E-state index is 10.6. The number of amides is 1. The minimum atomic E-state index is 0.0415. The number of rotatable bonds is 2. The second-order valence-electron chi connectivity index (χ2n) is 2.46. The summed E-state index contributed by atoms with van der Waals surface area (Å²) in [5.41, 5.74) is 3.59. The van der Waals surface area contributed by atoms with Gasteiger partial charge in [-0.15, -0.1) is 0 Å². The molecule has 1 heterocycles. The highest BCUT2D eigenvalue weighted by Gasteiger charge is 2.09. The second-order valence-corrected chi connectivity index (χ2v) is 2.46. The number of hydrogen-bond acceptors (Lipinski definition) is 2. The lowest BCUT2D eigenvalue weighted by atomic mass is 10.1. The number of hydrogen-bond donors (Lipinski definition) is 1. The van der Waals surface area contributed by atoms with Gasteiger partial charge in [-0.3, -0.25) is 4.79 Å². The van der Waals surface area contributed by atoms with E-state index >= 15 is 0 Å². The van der Waals surface area contributed by atoms with E-state index in [2.05, 4.69) is 17.5 Å². The van der Waals surface area contributed by atoms with E-state index in [0.717, 1.165) is 25.0 Å². The molecule has 0 aromatic carbocycles. The zero-order valence-electron chi connectivity index (χ0n) is 6.18. The van der Waals surface area contributed by atoms with Crippen molar-refractivity contribution in [3.05, 3.63) is 0 Å². The van der Waals surface area contributed by atoms with E-state index in [9.17, 15) is 4.79 Å². The van der Waals surface area contributed by atoms with Gasteiger partial charge in [-0.05, 0) is 12.8 Å². The van der Waals surface area contributed by atoms with Gasteiger partial charge in [0.25, 0.3) is 0 Å². The van der Waals surface area contributed by atoms with Crippen molar-refractivity contribution in [1.29, 1.82) is 0 Å². The van der Waals surface area contributed by atoms with Crippen molar-refractivity contribution < 1.29 is 4.79 Å². The first-order valence-electron chi connectivity index (χ1n) is 3.67. The Labute approximate surface area is 60.5 Å². The Kier molecular flexibility index (Phi) is 2.42.